The number of H-pyrrole nitrogens is 1. The zero-order valence-corrected chi connectivity index (χ0v) is 28.4. The van der Waals surface area contributed by atoms with E-state index in [-0.39, 0.29) is 24.3 Å². The lowest BCUT2D eigenvalue weighted by molar-refractivity contribution is -0.150. The van der Waals surface area contributed by atoms with E-state index in [0.717, 1.165) is 37.7 Å². The number of aliphatic hydroxyl groups excluding tert-OH is 1. The Labute approximate surface area is 272 Å². The van der Waals surface area contributed by atoms with Crippen molar-refractivity contribution in [1.29, 1.82) is 0 Å². The second kappa shape index (κ2) is 13.9. The van der Waals surface area contributed by atoms with Gasteiger partial charge in [-0.05, 0) is 102 Å². The van der Waals surface area contributed by atoms with Crippen molar-refractivity contribution in [2.24, 2.45) is 5.41 Å². The summed E-state index contributed by atoms with van der Waals surface area (Å²) < 4.78 is 11.4. The van der Waals surface area contributed by atoms with E-state index in [9.17, 15) is 19.5 Å². The van der Waals surface area contributed by atoms with Crippen molar-refractivity contribution in [3.8, 4) is 11.1 Å². The summed E-state index contributed by atoms with van der Waals surface area (Å²) in [5.41, 5.74) is 7.01. The first-order valence-electron chi connectivity index (χ1n) is 14.8. The molecule has 2 heterocycles. The molecule has 2 aromatic carbocycles. The van der Waals surface area contributed by atoms with E-state index in [1.165, 1.54) is 17.7 Å². The van der Waals surface area contributed by atoms with Crippen molar-refractivity contribution in [3.63, 3.8) is 0 Å². The van der Waals surface area contributed by atoms with Gasteiger partial charge in [-0.2, -0.15) is 0 Å². The molecule has 0 aliphatic carbocycles. The molecule has 1 fully saturated rings. The number of aromatic amines is 1. The average Bonchev–Trinajstić information content (AvgIpc) is 3.28. The normalized spacial score (nSPS) is 16.5. The Hall–Kier alpha value is -3.16. The minimum Gasteiger partial charge on any atom is -0.468 e. The SMILES string of the molecule is COC(=O)[C@@H]1CCCN(C(=O)C(Cc2cccc(-c3ccc4[nH]c(I)c(CC(C)(C)CO)c4c3)c2)NC(=O)OC(C)(C)C)N1. The highest BCUT2D eigenvalue weighted by Crippen LogP contribution is 2.33. The number of carbonyl (C=O) groups excluding carboxylic acids is 3. The van der Waals surface area contributed by atoms with Crippen LogP contribution in [0.1, 0.15) is 58.6 Å². The fourth-order valence-electron chi connectivity index (χ4n) is 5.31. The number of rotatable bonds is 9. The molecule has 1 aromatic heterocycles. The zero-order chi connectivity index (χ0) is 32.2. The number of methoxy groups -OCH3 is 1. The topological polar surface area (TPSA) is 133 Å². The van der Waals surface area contributed by atoms with E-state index in [4.69, 9.17) is 9.47 Å². The smallest absolute Gasteiger partial charge is 0.408 e. The Morgan fingerprint density at radius 2 is 1.84 bits per heavy atom. The number of amides is 2. The maximum Gasteiger partial charge on any atom is 0.408 e. The summed E-state index contributed by atoms with van der Waals surface area (Å²) in [6, 6.07) is 12.6. The highest BCUT2D eigenvalue weighted by Gasteiger charge is 2.34. The molecule has 2 atom stereocenters. The summed E-state index contributed by atoms with van der Waals surface area (Å²) in [6.07, 6.45) is 1.41. The summed E-state index contributed by atoms with van der Waals surface area (Å²) in [4.78, 5) is 42.2. The highest BCUT2D eigenvalue weighted by molar-refractivity contribution is 14.1. The lowest BCUT2D eigenvalue weighted by Gasteiger charge is -2.35. The standard InChI is InChI=1S/C33H43IN4O6/c1-32(2,3)44-31(42)36-27(29(40)38-14-8-11-26(37-38)30(41)43-6)16-20-9-7-10-21(15-20)22-12-13-25-23(17-22)24(28(34)35-25)18-33(4,5)19-39/h7,9-10,12-13,15,17,26-27,35,37,39H,8,11,14,16,18-19H2,1-6H3,(H,36,42)/t26-,27?/m0/s1. The number of benzene rings is 2. The molecule has 1 unspecified atom stereocenters. The van der Waals surface area contributed by atoms with Gasteiger partial charge in [0.25, 0.3) is 5.91 Å². The van der Waals surface area contributed by atoms with Crippen LogP contribution in [0.2, 0.25) is 0 Å². The van der Waals surface area contributed by atoms with Crippen LogP contribution in [0.15, 0.2) is 42.5 Å². The van der Waals surface area contributed by atoms with Crippen LogP contribution < -0.4 is 10.7 Å². The maximum absolute atomic E-state index is 13.8. The highest BCUT2D eigenvalue weighted by atomic mass is 127. The molecule has 1 aliphatic rings. The lowest BCUT2D eigenvalue weighted by atomic mass is 9.86. The third-order valence-corrected chi connectivity index (χ3v) is 8.49. The molecule has 11 heteroatoms. The van der Waals surface area contributed by atoms with Gasteiger partial charge >= 0.3 is 12.1 Å². The van der Waals surface area contributed by atoms with Crippen LogP contribution in [-0.2, 0) is 31.9 Å². The first-order chi connectivity index (χ1) is 20.7. The summed E-state index contributed by atoms with van der Waals surface area (Å²) >= 11 is 2.31. The summed E-state index contributed by atoms with van der Waals surface area (Å²) in [6.45, 7) is 9.87. The van der Waals surface area contributed by atoms with Gasteiger partial charge in [-0.3, -0.25) is 14.6 Å². The van der Waals surface area contributed by atoms with Crippen molar-refractivity contribution in [3.05, 3.63) is 57.3 Å². The molecule has 238 valence electrons. The van der Waals surface area contributed by atoms with Gasteiger partial charge in [0.2, 0.25) is 0 Å². The number of carbonyl (C=O) groups is 3. The monoisotopic (exact) mass is 718 g/mol. The van der Waals surface area contributed by atoms with Gasteiger partial charge in [0, 0.05) is 30.5 Å². The van der Waals surface area contributed by atoms with Crippen LogP contribution in [0.3, 0.4) is 0 Å². The third-order valence-electron chi connectivity index (χ3n) is 7.56. The van der Waals surface area contributed by atoms with E-state index >= 15 is 0 Å². The minimum absolute atomic E-state index is 0.0883. The second-order valence-corrected chi connectivity index (χ2v) is 14.2. The predicted octanol–water partition coefficient (Wildman–Crippen LogP) is 5.10. The van der Waals surface area contributed by atoms with Gasteiger partial charge in [-0.25, -0.2) is 10.2 Å². The Bertz CT molecular complexity index is 1510. The fraction of sp³-hybridized carbons (Fsp3) is 0.485. The molecule has 44 heavy (non-hydrogen) atoms. The molecule has 1 aliphatic heterocycles. The number of esters is 1. The van der Waals surface area contributed by atoms with Gasteiger partial charge in [-0.1, -0.05) is 44.2 Å². The van der Waals surface area contributed by atoms with Gasteiger partial charge in [-0.15, -0.1) is 0 Å². The number of hydrazine groups is 1. The fourth-order valence-corrected chi connectivity index (χ4v) is 6.08. The van der Waals surface area contributed by atoms with E-state index in [1.54, 1.807) is 20.8 Å². The summed E-state index contributed by atoms with van der Waals surface area (Å²) in [7, 11) is 1.32. The number of aromatic nitrogens is 1. The average molecular weight is 719 g/mol. The molecule has 4 rings (SSSR count). The molecule has 0 spiro atoms. The Morgan fingerprint density at radius 3 is 2.52 bits per heavy atom. The molecule has 4 N–H and O–H groups in total. The second-order valence-electron chi connectivity index (χ2n) is 13.1. The number of aliphatic hydroxyl groups is 1. The Balaban J connectivity index is 1.62. The number of halogens is 1. The largest absolute Gasteiger partial charge is 0.468 e. The first kappa shape index (κ1) is 33.7. The van der Waals surface area contributed by atoms with Gasteiger partial charge < -0.3 is 24.9 Å². The van der Waals surface area contributed by atoms with E-state index < -0.39 is 29.7 Å². The maximum atomic E-state index is 13.8. The molecule has 1 saturated heterocycles. The van der Waals surface area contributed by atoms with Crippen molar-refractivity contribution < 1.29 is 29.0 Å². The Morgan fingerprint density at radius 1 is 1.11 bits per heavy atom. The quantitative estimate of drug-likeness (QED) is 0.179. The van der Waals surface area contributed by atoms with Gasteiger partial charge in [0.1, 0.15) is 17.7 Å². The van der Waals surface area contributed by atoms with Crippen LogP contribution in [-0.4, -0.2) is 71.0 Å². The van der Waals surface area contributed by atoms with Crippen LogP contribution in [0, 0.1) is 9.12 Å². The van der Waals surface area contributed by atoms with Gasteiger partial charge in [0.05, 0.1) is 10.8 Å². The molecular formula is C33H43IN4O6. The number of nitrogens with zero attached hydrogens (tertiary/aromatic N) is 1. The zero-order valence-electron chi connectivity index (χ0n) is 26.3. The number of nitrogens with one attached hydrogen (secondary N) is 3. The van der Waals surface area contributed by atoms with Crippen LogP contribution in [0.4, 0.5) is 4.79 Å². The van der Waals surface area contributed by atoms with Crippen molar-refractivity contribution >= 4 is 51.5 Å². The molecule has 10 nitrogen and oxygen atoms in total. The van der Waals surface area contributed by atoms with Gasteiger partial charge in [0.15, 0.2) is 0 Å². The number of fused-ring (bicyclic) bond motifs is 1. The molecule has 3 aromatic rings. The molecular weight excluding hydrogens is 675 g/mol. The molecule has 0 saturated carbocycles. The lowest BCUT2D eigenvalue weighted by Crippen LogP contribution is -2.60. The number of ether oxygens (including phenoxy) is 2. The van der Waals surface area contributed by atoms with Crippen LogP contribution in [0.5, 0.6) is 0 Å². The predicted molar refractivity (Wildman–Crippen MR) is 178 cm³/mol. The molecule has 2 amide bonds. The van der Waals surface area contributed by atoms with Crippen molar-refractivity contribution in [2.75, 3.05) is 20.3 Å². The number of hydrogen-bond donors (Lipinski definition) is 4. The van der Waals surface area contributed by atoms with Crippen molar-refractivity contribution in [1.82, 2.24) is 20.7 Å². The third kappa shape index (κ3) is 8.51. The molecule has 0 bridgehead atoms. The molecule has 0 radical (unpaired) electrons. The van der Waals surface area contributed by atoms with Crippen LogP contribution in [0.25, 0.3) is 22.0 Å². The number of hydrogen-bond acceptors (Lipinski definition) is 7. The van der Waals surface area contributed by atoms with Crippen LogP contribution >= 0.6 is 22.6 Å². The van der Waals surface area contributed by atoms with E-state index in [0.29, 0.717) is 19.4 Å². The first-order valence-corrected chi connectivity index (χ1v) is 15.9. The summed E-state index contributed by atoms with van der Waals surface area (Å²) in [5.74, 6) is -0.807. The Kier molecular flexibility index (Phi) is 10.6. The van der Waals surface area contributed by atoms with E-state index in [2.05, 4.69) is 56.5 Å². The van der Waals surface area contributed by atoms with E-state index in [1.807, 2.05) is 38.1 Å². The summed E-state index contributed by atoms with van der Waals surface area (Å²) in [5, 5.41) is 15.1. The minimum atomic E-state index is -0.940. The van der Waals surface area contributed by atoms with Crippen molar-refractivity contribution in [2.45, 2.75) is 78.0 Å². The number of alkyl carbamates (subject to hydrolysis) is 1.